The van der Waals surface area contributed by atoms with Crippen LogP contribution in [0.4, 0.5) is 17.3 Å². The Kier molecular flexibility index (Phi) is 3.25. The standard InChI is InChI=1S/C16H19N5/c1-11-7-12(2)9-13(8-11)20(4)16-15-18-5-6-21(15)10-14(17-3)19-16/h5-10,17H,1-4H3. The summed E-state index contributed by atoms with van der Waals surface area (Å²) in [6.07, 6.45) is 5.65. The van der Waals surface area contributed by atoms with Crippen molar-refractivity contribution in [1.82, 2.24) is 14.4 Å². The van der Waals surface area contributed by atoms with Crippen molar-refractivity contribution in [1.29, 1.82) is 0 Å². The number of aryl methyl sites for hydroxylation is 2. The molecule has 0 amide bonds. The molecule has 0 radical (unpaired) electrons. The highest BCUT2D eigenvalue weighted by Crippen LogP contribution is 2.28. The van der Waals surface area contributed by atoms with E-state index in [0.717, 1.165) is 23.0 Å². The first-order chi connectivity index (χ1) is 10.1. The predicted octanol–water partition coefficient (Wildman–Crippen LogP) is 3.16. The van der Waals surface area contributed by atoms with Gasteiger partial charge in [0, 0.05) is 32.2 Å². The van der Waals surface area contributed by atoms with Gasteiger partial charge in [0.15, 0.2) is 11.5 Å². The molecule has 0 bridgehead atoms. The van der Waals surface area contributed by atoms with Crippen LogP contribution in [0.5, 0.6) is 0 Å². The van der Waals surface area contributed by atoms with Crippen molar-refractivity contribution in [2.75, 3.05) is 24.3 Å². The Balaban J connectivity index is 2.16. The molecule has 5 heteroatoms. The van der Waals surface area contributed by atoms with Gasteiger partial charge in [-0.2, -0.15) is 0 Å². The minimum atomic E-state index is 0.812. The fourth-order valence-corrected chi connectivity index (χ4v) is 2.53. The third-order valence-electron chi connectivity index (χ3n) is 3.52. The van der Waals surface area contributed by atoms with Crippen LogP contribution in [0, 0.1) is 13.8 Å². The second-order valence-electron chi connectivity index (χ2n) is 5.26. The Morgan fingerprint density at radius 3 is 2.52 bits per heavy atom. The maximum atomic E-state index is 4.66. The van der Waals surface area contributed by atoms with Crippen LogP contribution in [-0.4, -0.2) is 28.5 Å². The molecular formula is C16H19N5. The molecule has 3 rings (SSSR count). The van der Waals surface area contributed by atoms with Gasteiger partial charge < -0.3 is 14.6 Å². The highest BCUT2D eigenvalue weighted by molar-refractivity contribution is 5.73. The van der Waals surface area contributed by atoms with Crippen molar-refractivity contribution in [3.05, 3.63) is 47.9 Å². The normalized spacial score (nSPS) is 10.9. The maximum absolute atomic E-state index is 4.66. The summed E-state index contributed by atoms with van der Waals surface area (Å²) in [6, 6.07) is 6.47. The molecular weight excluding hydrogens is 262 g/mol. The van der Waals surface area contributed by atoms with E-state index in [1.54, 1.807) is 6.20 Å². The smallest absolute Gasteiger partial charge is 0.180 e. The third kappa shape index (κ3) is 2.42. The molecule has 2 heterocycles. The first-order valence-corrected chi connectivity index (χ1v) is 6.92. The summed E-state index contributed by atoms with van der Waals surface area (Å²) in [5.41, 5.74) is 4.43. The lowest BCUT2D eigenvalue weighted by atomic mass is 10.1. The molecule has 0 saturated carbocycles. The van der Waals surface area contributed by atoms with Gasteiger partial charge in [0.2, 0.25) is 0 Å². The van der Waals surface area contributed by atoms with Gasteiger partial charge in [-0.05, 0) is 37.1 Å². The van der Waals surface area contributed by atoms with Gasteiger partial charge in [-0.1, -0.05) is 6.07 Å². The van der Waals surface area contributed by atoms with E-state index in [0.29, 0.717) is 0 Å². The molecule has 0 fully saturated rings. The lowest BCUT2D eigenvalue weighted by Crippen LogP contribution is -2.14. The summed E-state index contributed by atoms with van der Waals surface area (Å²) in [7, 11) is 3.89. The van der Waals surface area contributed by atoms with Crippen LogP contribution in [0.2, 0.25) is 0 Å². The largest absolute Gasteiger partial charge is 0.372 e. The summed E-state index contributed by atoms with van der Waals surface area (Å²) >= 11 is 0. The lowest BCUT2D eigenvalue weighted by Gasteiger charge is -2.20. The van der Waals surface area contributed by atoms with Gasteiger partial charge in [0.1, 0.15) is 5.82 Å². The molecule has 0 aliphatic rings. The average molecular weight is 281 g/mol. The zero-order valence-electron chi connectivity index (χ0n) is 12.8. The molecule has 21 heavy (non-hydrogen) atoms. The fraction of sp³-hybridized carbons (Fsp3) is 0.250. The molecule has 0 atom stereocenters. The van der Waals surface area contributed by atoms with Crippen molar-refractivity contribution >= 4 is 23.0 Å². The molecule has 1 aromatic carbocycles. The van der Waals surface area contributed by atoms with Gasteiger partial charge in [0.25, 0.3) is 0 Å². The molecule has 0 aliphatic carbocycles. The lowest BCUT2D eigenvalue weighted by molar-refractivity contribution is 1.06. The summed E-state index contributed by atoms with van der Waals surface area (Å²) < 4.78 is 1.98. The Hall–Kier alpha value is -2.56. The number of nitrogens with one attached hydrogen (secondary N) is 1. The second-order valence-corrected chi connectivity index (χ2v) is 5.26. The second kappa shape index (κ2) is 5.09. The Bertz CT molecular complexity index is 770. The number of nitrogens with zero attached hydrogens (tertiary/aromatic N) is 4. The predicted molar refractivity (Wildman–Crippen MR) is 86.5 cm³/mol. The zero-order valence-corrected chi connectivity index (χ0v) is 12.8. The van der Waals surface area contributed by atoms with E-state index in [9.17, 15) is 0 Å². The molecule has 2 aromatic heterocycles. The molecule has 108 valence electrons. The monoisotopic (exact) mass is 281 g/mol. The van der Waals surface area contributed by atoms with Crippen LogP contribution >= 0.6 is 0 Å². The van der Waals surface area contributed by atoms with Crippen molar-refractivity contribution in [3.63, 3.8) is 0 Å². The van der Waals surface area contributed by atoms with Crippen LogP contribution in [0.15, 0.2) is 36.8 Å². The summed E-state index contributed by atoms with van der Waals surface area (Å²) in [6.45, 7) is 4.21. The zero-order chi connectivity index (χ0) is 15.0. The Morgan fingerprint density at radius 2 is 1.86 bits per heavy atom. The number of benzene rings is 1. The molecule has 0 aliphatic heterocycles. The SMILES string of the molecule is CNc1cn2ccnc2c(N(C)c2cc(C)cc(C)c2)n1. The number of aromatic nitrogens is 3. The highest BCUT2D eigenvalue weighted by atomic mass is 15.2. The van der Waals surface area contributed by atoms with Crippen LogP contribution < -0.4 is 10.2 Å². The number of hydrogen-bond donors (Lipinski definition) is 1. The van der Waals surface area contributed by atoms with Crippen LogP contribution in [0.1, 0.15) is 11.1 Å². The Morgan fingerprint density at radius 1 is 1.14 bits per heavy atom. The van der Waals surface area contributed by atoms with Gasteiger partial charge >= 0.3 is 0 Å². The van der Waals surface area contributed by atoms with E-state index < -0.39 is 0 Å². The van der Waals surface area contributed by atoms with Crippen molar-refractivity contribution in [2.24, 2.45) is 0 Å². The van der Waals surface area contributed by atoms with E-state index >= 15 is 0 Å². The van der Waals surface area contributed by atoms with Gasteiger partial charge in [-0.15, -0.1) is 0 Å². The topological polar surface area (TPSA) is 45.5 Å². The number of fused-ring (bicyclic) bond motifs is 1. The van der Waals surface area contributed by atoms with Gasteiger partial charge in [-0.3, -0.25) is 0 Å². The van der Waals surface area contributed by atoms with Crippen LogP contribution in [0.25, 0.3) is 5.65 Å². The Labute approximate surface area is 124 Å². The fourth-order valence-electron chi connectivity index (χ4n) is 2.53. The number of rotatable bonds is 3. The van der Waals surface area contributed by atoms with Crippen LogP contribution in [0.3, 0.4) is 0 Å². The molecule has 0 spiro atoms. The van der Waals surface area contributed by atoms with E-state index in [4.69, 9.17) is 0 Å². The van der Waals surface area contributed by atoms with Crippen molar-refractivity contribution in [3.8, 4) is 0 Å². The number of hydrogen-bond acceptors (Lipinski definition) is 4. The minimum Gasteiger partial charge on any atom is -0.372 e. The van der Waals surface area contributed by atoms with Crippen molar-refractivity contribution in [2.45, 2.75) is 13.8 Å². The first kappa shape index (κ1) is 13.4. The maximum Gasteiger partial charge on any atom is 0.180 e. The van der Waals surface area contributed by atoms with E-state index in [1.165, 1.54) is 11.1 Å². The van der Waals surface area contributed by atoms with E-state index in [-0.39, 0.29) is 0 Å². The van der Waals surface area contributed by atoms with E-state index in [2.05, 4.69) is 52.2 Å². The summed E-state index contributed by atoms with van der Waals surface area (Å²) in [5, 5.41) is 3.09. The van der Waals surface area contributed by atoms with Crippen LogP contribution in [-0.2, 0) is 0 Å². The number of imidazole rings is 1. The minimum absolute atomic E-state index is 0.812. The molecule has 0 unspecified atom stereocenters. The number of anilines is 3. The summed E-state index contributed by atoms with van der Waals surface area (Å²) in [4.78, 5) is 11.1. The molecule has 1 N–H and O–H groups in total. The average Bonchev–Trinajstić information content (AvgIpc) is 2.92. The molecule has 3 aromatic rings. The quantitative estimate of drug-likeness (QED) is 0.801. The first-order valence-electron chi connectivity index (χ1n) is 6.92. The molecule has 5 nitrogen and oxygen atoms in total. The van der Waals surface area contributed by atoms with Crippen molar-refractivity contribution < 1.29 is 0 Å². The van der Waals surface area contributed by atoms with Gasteiger partial charge in [-0.25, -0.2) is 9.97 Å². The third-order valence-corrected chi connectivity index (χ3v) is 3.52. The van der Waals surface area contributed by atoms with Gasteiger partial charge in [0.05, 0.1) is 6.20 Å². The molecule has 0 saturated heterocycles. The summed E-state index contributed by atoms with van der Waals surface area (Å²) in [5.74, 6) is 1.64. The highest BCUT2D eigenvalue weighted by Gasteiger charge is 2.13. The van der Waals surface area contributed by atoms with E-state index in [1.807, 2.05) is 30.9 Å².